The highest BCUT2D eigenvalue weighted by Gasteiger charge is 2.49. The molecule has 2 bridgehead atoms. The predicted molar refractivity (Wildman–Crippen MR) is 80.4 cm³/mol. The summed E-state index contributed by atoms with van der Waals surface area (Å²) < 4.78 is 0. The number of carbonyl (C=O) groups excluding carboxylic acids is 2. The van der Waals surface area contributed by atoms with Gasteiger partial charge in [-0.1, -0.05) is 6.92 Å². The number of nitrogens with one attached hydrogen (secondary N) is 1. The third-order valence-electron chi connectivity index (χ3n) is 4.88. The number of nitrogens with two attached hydrogens (primary N) is 1. The van der Waals surface area contributed by atoms with Gasteiger partial charge in [-0.3, -0.25) is 9.59 Å². The van der Waals surface area contributed by atoms with E-state index in [1.165, 1.54) is 6.42 Å². The monoisotopic (exact) mass is 303 g/mol. The molecule has 2 aliphatic rings. The van der Waals surface area contributed by atoms with E-state index in [1.807, 2.05) is 6.92 Å². The first-order valence-corrected chi connectivity index (χ1v) is 7.17. The number of fused-ring (bicyclic) bond motifs is 2. The number of halogens is 1. The van der Waals surface area contributed by atoms with Gasteiger partial charge in [0.1, 0.15) is 0 Å². The van der Waals surface area contributed by atoms with Crippen molar-refractivity contribution >= 4 is 24.2 Å². The van der Waals surface area contributed by atoms with Crippen LogP contribution in [0.15, 0.2) is 0 Å². The van der Waals surface area contributed by atoms with Crippen LogP contribution in [0.2, 0.25) is 0 Å². The molecule has 116 valence electrons. The fourth-order valence-corrected chi connectivity index (χ4v) is 3.79. The highest BCUT2D eigenvalue weighted by Crippen LogP contribution is 2.48. The molecule has 2 amide bonds. The van der Waals surface area contributed by atoms with E-state index >= 15 is 0 Å². The first-order chi connectivity index (χ1) is 8.95. The van der Waals surface area contributed by atoms with Gasteiger partial charge < -0.3 is 16.0 Å². The van der Waals surface area contributed by atoms with Crippen molar-refractivity contribution < 1.29 is 9.59 Å². The van der Waals surface area contributed by atoms with Crippen LogP contribution in [0.3, 0.4) is 0 Å². The molecule has 0 radical (unpaired) electrons. The zero-order valence-electron chi connectivity index (χ0n) is 12.5. The van der Waals surface area contributed by atoms with Crippen molar-refractivity contribution in [3.63, 3.8) is 0 Å². The summed E-state index contributed by atoms with van der Waals surface area (Å²) in [5.41, 5.74) is 6.19. The summed E-state index contributed by atoms with van der Waals surface area (Å²) in [6.07, 6.45) is 3.41. The summed E-state index contributed by atoms with van der Waals surface area (Å²) in [6.45, 7) is 2.29. The van der Waals surface area contributed by atoms with Crippen LogP contribution in [0.25, 0.3) is 0 Å². The molecular formula is C14H26ClN3O2. The molecule has 2 fully saturated rings. The Hall–Kier alpha value is -0.810. The van der Waals surface area contributed by atoms with Gasteiger partial charge >= 0.3 is 0 Å². The van der Waals surface area contributed by atoms with Crippen molar-refractivity contribution in [2.75, 3.05) is 20.6 Å². The molecule has 2 rings (SSSR count). The second kappa shape index (κ2) is 6.76. The highest BCUT2D eigenvalue weighted by atomic mass is 35.5. The summed E-state index contributed by atoms with van der Waals surface area (Å²) in [5, 5.41) is 2.61. The Labute approximate surface area is 127 Å². The van der Waals surface area contributed by atoms with Crippen molar-refractivity contribution in [3.8, 4) is 0 Å². The van der Waals surface area contributed by atoms with E-state index in [0.717, 1.165) is 12.8 Å². The van der Waals surface area contributed by atoms with E-state index in [-0.39, 0.29) is 42.1 Å². The van der Waals surface area contributed by atoms with Crippen LogP contribution < -0.4 is 11.1 Å². The fourth-order valence-electron chi connectivity index (χ4n) is 3.79. The van der Waals surface area contributed by atoms with Gasteiger partial charge in [0.25, 0.3) is 0 Å². The smallest absolute Gasteiger partial charge is 0.227 e. The van der Waals surface area contributed by atoms with Gasteiger partial charge in [-0.25, -0.2) is 0 Å². The molecule has 3 N–H and O–H groups in total. The molecule has 0 aromatic carbocycles. The van der Waals surface area contributed by atoms with Crippen LogP contribution in [0.1, 0.15) is 26.2 Å². The Kier molecular flexibility index (Phi) is 5.83. The average molecular weight is 304 g/mol. The molecule has 0 spiro atoms. The van der Waals surface area contributed by atoms with Gasteiger partial charge in [0, 0.05) is 26.7 Å². The lowest BCUT2D eigenvalue weighted by Crippen LogP contribution is -2.47. The highest BCUT2D eigenvalue weighted by molar-refractivity contribution is 5.85. The molecule has 0 aromatic heterocycles. The van der Waals surface area contributed by atoms with Crippen molar-refractivity contribution in [3.05, 3.63) is 0 Å². The Bertz CT molecular complexity index is 375. The van der Waals surface area contributed by atoms with E-state index in [0.29, 0.717) is 18.4 Å². The minimum Gasteiger partial charge on any atom is -0.359 e. The molecule has 2 saturated carbocycles. The fraction of sp³-hybridized carbons (Fsp3) is 0.857. The van der Waals surface area contributed by atoms with E-state index in [9.17, 15) is 9.59 Å². The summed E-state index contributed by atoms with van der Waals surface area (Å²) in [6, 6.07) is 0.0176. The van der Waals surface area contributed by atoms with Crippen molar-refractivity contribution in [2.45, 2.75) is 32.2 Å². The Balaban J connectivity index is 0.00000200. The molecule has 5 nitrogen and oxygen atoms in total. The number of hydrogen-bond acceptors (Lipinski definition) is 3. The standard InChI is InChI=1S/C14H25N3O2.ClH/c1-8(13(18)16-2)7-17(3)14(19)11-9-4-5-10(6-9)12(11)15;/h8-12H,4-7,15H2,1-3H3,(H,16,18);1H. The molecule has 0 saturated heterocycles. The first-order valence-electron chi connectivity index (χ1n) is 7.17. The number of rotatable bonds is 4. The summed E-state index contributed by atoms with van der Waals surface area (Å²) >= 11 is 0. The second-order valence-electron chi connectivity index (χ2n) is 6.17. The summed E-state index contributed by atoms with van der Waals surface area (Å²) in [4.78, 5) is 25.7. The quantitative estimate of drug-likeness (QED) is 0.799. The zero-order chi connectivity index (χ0) is 14.2. The number of nitrogens with zero attached hydrogens (tertiary/aromatic N) is 1. The molecule has 5 unspecified atom stereocenters. The predicted octanol–water partition coefficient (Wildman–Crippen LogP) is 0.622. The maximum atomic E-state index is 12.5. The van der Waals surface area contributed by atoms with Crippen LogP contribution >= 0.6 is 12.4 Å². The van der Waals surface area contributed by atoms with Crippen LogP contribution in [0.4, 0.5) is 0 Å². The zero-order valence-corrected chi connectivity index (χ0v) is 13.3. The molecule has 2 aliphatic carbocycles. The van der Waals surface area contributed by atoms with Crippen LogP contribution in [0, 0.1) is 23.7 Å². The largest absolute Gasteiger partial charge is 0.359 e. The molecule has 5 atom stereocenters. The topological polar surface area (TPSA) is 75.4 Å². The lowest BCUT2D eigenvalue weighted by Gasteiger charge is -2.31. The molecule has 0 aliphatic heterocycles. The van der Waals surface area contributed by atoms with Gasteiger partial charge in [-0.05, 0) is 31.1 Å². The third-order valence-corrected chi connectivity index (χ3v) is 4.88. The lowest BCUT2D eigenvalue weighted by atomic mass is 9.84. The van der Waals surface area contributed by atoms with Gasteiger partial charge in [-0.2, -0.15) is 0 Å². The molecule has 0 heterocycles. The van der Waals surface area contributed by atoms with Crippen molar-refractivity contribution in [2.24, 2.45) is 29.4 Å². The van der Waals surface area contributed by atoms with Gasteiger partial charge in [0.05, 0.1) is 11.8 Å². The summed E-state index contributed by atoms with van der Waals surface area (Å²) in [7, 11) is 3.40. The lowest BCUT2D eigenvalue weighted by molar-refractivity contribution is -0.137. The number of hydrogen-bond donors (Lipinski definition) is 2. The maximum absolute atomic E-state index is 12.5. The van der Waals surface area contributed by atoms with Crippen molar-refractivity contribution in [1.82, 2.24) is 10.2 Å². The number of carbonyl (C=O) groups is 2. The summed E-state index contributed by atoms with van der Waals surface area (Å²) in [5.74, 6) is 0.871. The molecule has 6 heteroatoms. The van der Waals surface area contributed by atoms with Gasteiger partial charge in [0.15, 0.2) is 0 Å². The van der Waals surface area contributed by atoms with Gasteiger partial charge in [0.2, 0.25) is 11.8 Å². The first kappa shape index (κ1) is 17.2. The minimum atomic E-state index is -0.186. The van der Waals surface area contributed by atoms with Gasteiger partial charge in [-0.15, -0.1) is 12.4 Å². The number of amides is 2. The SMILES string of the molecule is CNC(=O)C(C)CN(C)C(=O)C1C2CCC(C2)C1N.Cl. The van der Waals surface area contributed by atoms with E-state index in [4.69, 9.17) is 5.73 Å². The normalized spacial score (nSPS) is 32.4. The van der Waals surface area contributed by atoms with E-state index in [2.05, 4.69) is 5.32 Å². The van der Waals surface area contributed by atoms with E-state index in [1.54, 1.807) is 19.0 Å². The molecular weight excluding hydrogens is 278 g/mol. The second-order valence-corrected chi connectivity index (χ2v) is 6.17. The Morgan fingerprint density at radius 1 is 1.35 bits per heavy atom. The van der Waals surface area contributed by atoms with Crippen LogP contribution in [-0.2, 0) is 9.59 Å². The maximum Gasteiger partial charge on any atom is 0.227 e. The third kappa shape index (κ3) is 3.09. The Morgan fingerprint density at radius 2 is 1.95 bits per heavy atom. The average Bonchev–Trinajstić information content (AvgIpc) is 2.97. The van der Waals surface area contributed by atoms with E-state index < -0.39 is 0 Å². The van der Waals surface area contributed by atoms with Crippen LogP contribution in [0.5, 0.6) is 0 Å². The molecule has 0 aromatic rings. The Morgan fingerprint density at radius 3 is 2.45 bits per heavy atom. The minimum absolute atomic E-state index is 0. The molecule has 20 heavy (non-hydrogen) atoms. The van der Waals surface area contributed by atoms with Crippen LogP contribution in [-0.4, -0.2) is 43.4 Å². The van der Waals surface area contributed by atoms with Crippen molar-refractivity contribution in [1.29, 1.82) is 0 Å².